The largest absolute Gasteiger partial charge is 0.399 e. The molecule has 0 spiro atoms. The number of amides is 1. The van der Waals surface area contributed by atoms with Crippen molar-refractivity contribution in [2.75, 3.05) is 11.5 Å². The summed E-state index contributed by atoms with van der Waals surface area (Å²) < 4.78 is 13.6. The molecule has 1 unspecified atom stereocenters. The molecule has 0 aromatic heterocycles. The summed E-state index contributed by atoms with van der Waals surface area (Å²) in [5.41, 5.74) is 9.01. The van der Waals surface area contributed by atoms with Crippen LogP contribution in [0.4, 0.5) is 10.1 Å². The zero-order chi connectivity index (χ0) is 16.9. The number of fused-ring (bicyclic) bond motifs is 1. The van der Waals surface area contributed by atoms with Crippen LogP contribution in [0, 0.1) is 5.82 Å². The molecule has 1 atom stereocenters. The molecule has 3 nitrogen and oxygen atoms in total. The average molecular weight is 381 g/mol. The predicted octanol–water partition coefficient (Wildman–Crippen LogP) is 4.51. The Morgan fingerprint density at radius 1 is 1.28 bits per heavy atom. The van der Waals surface area contributed by atoms with Crippen LogP contribution in [-0.4, -0.2) is 11.7 Å². The number of aryl methyl sites for hydroxylation is 1. The highest BCUT2D eigenvalue weighted by molar-refractivity contribution is 7.99. The number of nitrogen functional groups attached to an aromatic ring is 1. The van der Waals surface area contributed by atoms with Gasteiger partial charge >= 0.3 is 0 Å². The molecule has 2 aromatic carbocycles. The Balaban J connectivity index is 0.00000225. The molecule has 0 saturated heterocycles. The van der Waals surface area contributed by atoms with Gasteiger partial charge in [-0.05, 0) is 54.7 Å². The van der Waals surface area contributed by atoms with Crippen LogP contribution in [0.5, 0.6) is 0 Å². The summed E-state index contributed by atoms with van der Waals surface area (Å²) in [4.78, 5) is 12.8. The molecule has 0 fully saturated rings. The number of benzene rings is 2. The number of anilines is 1. The maximum atomic E-state index is 13.6. The number of hydrogen-bond donors (Lipinski definition) is 2. The number of halogens is 2. The fraction of sp³-hybridized carbons (Fsp3) is 0.316. The van der Waals surface area contributed by atoms with Gasteiger partial charge in [0.25, 0.3) is 0 Å². The number of hydrogen-bond acceptors (Lipinski definition) is 3. The predicted molar refractivity (Wildman–Crippen MR) is 104 cm³/mol. The van der Waals surface area contributed by atoms with E-state index in [2.05, 4.69) is 5.32 Å². The monoisotopic (exact) mass is 380 g/mol. The molecule has 1 aliphatic rings. The highest BCUT2D eigenvalue weighted by atomic mass is 35.5. The standard InChI is InChI=1S/C19H21FN2OS.ClH/c20-16-5-1-2-7-18(16)24-11-10-19(23)22-17-6-3-4-13-12-14(21)8-9-15(13)17;/h1-2,5,7-9,12,17H,3-4,6,10-11,21H2,(H,22,23);1H. The van der Waals surface area contributed by atoms with Crippen molar-refractivity contribution in [2.45, 2.75) is 36.6 Å². The SMILES string of the molecule is Cl.Nc1ccc2c(c1)CCCC2NC(=O)CCSc1ccccc1F. The Hall–Kier alpha value is -1.72. The second-order valence-corrected chi connectivity index (χ2v) is 7.14. The first-order chi connectivity index (χ1) is 11.6. The highest BCUT2D eigenvalue weighted by Gasteiger charge is 2.21. The molecule has 25 heavy (non-hydrogen) atoms. The van der Waals surface area contributed by atoms with Gasteiger partial charge in [0, 0.05) is 22.8 Å². The average Bonchev–Trinajstić information content (AvgIpc) is 2.56. The van der Waals surface area contributed by atoms with E-state index in [-0.39, 0.29) is 30.2 Å². The molecule has 3 N–H and O–H groups in total. The van der Waals surface area contributed by atoms with Crippen LogP contribution in [0.2, 0.25) is 0 Å². The Bertz CT molecular complexity index is 741. The van der Waals surface area contributed by atoms with Crippen molar-refractivity contribution >= 4 is 35.8 Å². The maximum Gasteiger partial charge on any atom is 0.221 e. The Morgan fingerprint density at radius 2 is 2.08 bits per heavy atom. The minimum Gasteiger partial charge on any atom is -0.399 e. The zero-order valence-electron chi connectivity index (χ0n) is 13.8. The van der Waals surface area contributed by atoms with Crippen LogP contribution in [0.1, 0.15) is 36.4 Å². The van der Waals surface area contributed by atoms with Crippen LogP contribution in [0.3, 0.4) is 0 Å². The maximum absolute atomic E-state index is 13.6. The lowest BCUT2D eigenvalue weighted by Crippen LogP contribution is -2.31. The van der Waals surface area contributed by atoms with Gasteiger partial charge in [-0.25, -0.2) is 4.39 Å². The van der Waals surface area contributed by atoms with Crippen molar-refractivity contribution in [3.8, 4) is 0 Å². The molecule has 3 rings (SSSR count). The normalized spacial score (nSPS) is 15.8. The van der Waals surface area contributed by atoms with Crippen LogP contribution in [0.25, 0.3) is 0 Å². The van der Waals surface area contributed by atoms with E-state index in [1.807, 2.05) is 18.2 Å². The van der Waals surface area contributed by atoms with Crippen LogP contribution in [0.15, 0.2) is 47.4 Å². The third kappa shape index (κ3) is 5.13. The van der Waals surface area contributed by atoms with Gasteiger partial charge in [-0.2, -0.15) is 0 Å². The van der Waals surface area contributed by atoms with Crippen molar-refractivity contribution in [3.05, 3.63) is 59.4 Å². The first kappa shape index (κ1) is 19.6. The van der Waals surface area contributed by atoms with Gasteiger partial charge in [-0.3, -0.25) is 4.79 Å². The number of thioether (sulfide) groups is 1. The lowest BCUT2D eigenvalue weighted by atomic mass is 9.87. The minimum atomic E-state index is -0.235. The van der Waals surface area contributed by atoms with E-state index in [1.54, 1.807) is 18.2 Å². The van der Waals surface area contributed by atoms with Crippen molar-refractivity contribution in [1.29, 1.82) is 0 Å². The summed E-state index contributed by atoms with van der Waals surface area (Å²) in [6.07, 6.45) is 3.38. The molecule has 1 amide bonds. The molecule has 0 bridgehead atoms. The van der Waals surface area contributed by atoms with Gasteiger partial charge in [-0.1, -0.05) is 18.2 Å². The van der Waals surface area contributed by atoms with Crippen LogP contribution >= 0.6 is 24.2 Å². The number of nitrogens with one attached hydrogen (secondary N) is 1. The van der Waals surface area contributed by atoms with Gasteiger partial charge < -0.3 is 11.1 Å². The lowest BCUT2D eigenvalue weighted by molar-refractivity contribution is -0.121. The topological polar surface area (TPSA) is 55.1 Å². The number of carbonyl (C=O) groups is 1. The Labute approximate surface area is 158 Å². The van der Waals surface area contributed by atoms with Crippen LogP contribution < -0.4 is 11.1 Å². The van der Waals surface area contributed by atoms with E-state index in [0.717, 1.165) is 24.9 Å². The molecular weight excluding hydrogens is 359 g/mol. The van der Waals surface area contributed by atoms with Crippen molar-refractivity contribution in [3.63, 3.8) is 0 Å². The third-order valence-electron chi connectivity index (χ3n) is 4.24. The van der Waals surface area contributed by atoms with Gasteiger partial charge in [0.1, 0.15) is 5.82 Å². The summed E-state index contributed by atoms with van der Waals surface area (Å²) in [7, 11) is 0. The summed E-state index contributed by atoms with van der Waals surface area (Å²) >= 11 is 1.37. The molecule has 134 valence electrons. The fourth-order valence-electron chi connectivity index (χ4n) is 3.07. The smallest absolute Gasteiger partial charge is 0.221 e. The summed E-state index contributed by atoms with van der Waals surface area (Å²) in [6.45, 7) is 0. The first-order valence-corrected chi connectivity index (χ1v) is 9.17. The van der Waals surface area contributed by atoms with E-state index >= 15 is 0 Å². The zero-order valence-corrected chi connectivity index (χ0v) is 15.5. The Morgan fingerprint density at radius 3 is 2.88 bits per heavy atom. The highest BCUT2D eigenvalue weighted by Crippen LogP contribution is 2.31. The van der Waals surface area contributed by atoms with Crippen LogP contribution in [-0.2, 0) is 11.2 Å². The van der Waals surface area contributed by atoms with Gasteiger partial charge in [-0.15, -0.1) is 24.2 Å². The molecule has 1 aliphatic carbocycles. The first-order valence-electron chi connectivity index (χ1n) is 8.18. The van der Waals surface area contributed by atoms with E-state index in [0.29, 0.717) is 17.1 Å². The quantitative estimate of drug-likeness (QED) is 0.593. The van der Waals surface area contributed by atoms with E-state index in [9.17, 15) is 9.18 Å². The number of nitrogens with two attached hydrogens (primary N) is 1. The molecule has 0 radical (unpaired) electrons. The van der Waals surface area contributed by atoms with E-state index in [4.69, 9.17) is 5.73 Å². The second kappa shape index (κ2) is 9.11. The molecule has 0 saturated carbocycles. The number of carbonyl (C=O) groups excluding carboxylic acids is 1. The van der Waals surface area contributed by atoms with Gasteiger partial charge in [0.15, 0.2) is 0 Å². The minimum absolute atomic E-state index is 0. The molecule has 2 aromatic rings. The van der Waals surface area contributed by atoms with Crippen molar-refractivity contribution in [2.24, 2.45) is 0 Å². The molecular formula is C19H22ClFN2OS. The van der Waals surface area contributed by atoms with Crippen molar-refractivity contribution in [1.82, 2.24) is 5.32 Å². The Kier molecular flexibility index (Phi) is 7.14. The lowest BCUT2D eigenvalue weighted by Gasteiger charge is -2.26. The van der Waals surface area contributed by atoms with E-state index < -0.39 is 0 Å². The molecule has 6 heteroatoms. The third-order valence-corrected chi connectivity index (χ3v) is 5.29. The van der Waals surface area contributed by atoms with Gasteiger partial charge in [0.05, 0.1) is 6.04 Å². The van der Waals surface area contributed by atoms with E-state index in [1.165, 1.54) is 29.0 Å². The molecule has 0 heterocycles. The summed E-state index contributed by atoms with van der Waals surface area (Å²) in [5, 5.41) is 3.11. The number of rotatable bonds is 5. The second-order valence-electron chi connectivity index (χ2n) is 6.00. The fourth-order valence-corrected chi connectivity index (χ4v) is 3.95. The summed E-state index contributed by atoms with van der Waals surface area (Å²) in [6, 6.07) is 12.6. The van der Waals surface area contributed by atoms with Gasteiger partial charge in [0.2, 0.25) is 5.91 Å². The molecule has 0 aliphatic heterocycles. The van der Waals surface area contributed by atoms with Crippen molar-refractivity contribution < 1.29 is 9.18 Å². The summed E-state index contributed by atoms with van der Waals surface area (Å²) in [5.74, 6) is 0.337.